The molecule has 0 aliphatic carbocycles. The molecule has 1 unspecified atom stereocenters. The quantitative estimate of drug-likeness (QED) is 0.532. The first-order valence-electron chi connectivity index (χ1n) is 9.65. The Morgan fingerprint density at radius 2 is 2.10 bits per heavy atom. The number of aromatic amines is 1. The molecule has 0 radical (unpaired) electrons. The summed E-state index contributed by atoms with van der Waals surface area (Å²) in [5, 5.41) is 10.5. The van der Waals surface area contributed by atoms with Crippen LogP contribution in [0.1, 0.15) is 23.2 Å². The smallest absolute Gasteiger partial charge is 0.337 e. The molecule has 1 aromatic heterocycles. The fraction of sp³-hybridized carbons (Fsp3) is 0.318. The van der Waals surface area contributed by atoms with Crippen molar-refractivity contribution in [2.75, 3.05) is 26.2 Å². The molecule has 0 bridgehead atoms. The Balaban J connectivity index is 1.41. The zero-order valence-electron chi connectivity index (χ0n) is 15.8. The summed E-state index contributed by atoms with van der Waals surface area (Å²) in [5.41, 5.74) is 2.55. The average Bonchev–Trinajstić information content (AvgIpc) is 3.31. The van der Waals surface area contributed by atoms with E-state index in [1.165, 1.54) is 6.20 Å². The molecule has 4 rings (SSSR count). The van der Waals surface area contributed by atoms with Crippen molar-refractivity contribution in [2.45, 2.75) is 19.0 Å². The highest BCUT2D eigenvalue weighted by atomic mass is 35.5. The molecule has 1 saturated heterocycles. The summed E-state index contributed by atoms with van der Waals surface area (Å²) >= 11 is 6.41. The number of carboxylic acid groups (broad SMARTS) is 1. The maximum Gasteiger partial charge on any atom is 0.337 e. The number of aromatic carboxylic acids is 1. The van der Waals surface area contributed by atoms with Gasteiger partial charge in [-0.05, 0) is 42.7 Å². The van der Waals surface area contributed by atoms with E-state index in [9.17, 15) is 14.3 Å². The molecule has 2 N–H and O–H groups in total. The van der Waals surface area contributed by atoms with Crippen molar-refractivity contribution < 1.29 is 19.0 Å². The summed E-state index contributed by atoms with van der Waals surface area (Å²) in [6.45, 7) is 2.78. The third-order valence-electron chi connectivity index (χ3n) is 5.27. The molecule has 1 aliphatic heterocycles. The maximum absolute atomic E-state index is 13.2. The minimum atomic E-state index is -0.982. The fourth-order valence-electron chi connectivity index (χ4n) is 3.74. The van der Waals surface area contributed by atoms with Crippen LogP contribution in [0.5, 0.6) is 5.75 Å². The standard InChI is InChI=1S/C22H22ClFN2O3/c23-20-11-21-18(19(12-25-21)22(27)28)10-17(20)14-2-4-16(5-3-14)29-9-1-7-26-8-6-15(24)13-26/h2-5,10-12,15,25H,1,6-9,13H2,(H,27,28). The second-order valence-corrected chi connectivity index (χ2v) is 7.71. The topological polar surface area (TPSA) is 65.6 Å². The van der Waals surface area contributed by atoms with Gasteiger partial charge in [-0.3, -0.25) is 0 Å². The second-order valence-electron chi connectivity index (χ2n) is 7.30. The fourth-order valence-corrected chi connectivity index (χ4v) is 4.01. The Hall–Kier alpha value is -2.57. The number of fused-ring (bicyclic) bond motifs is 1. The molecule has 1 fully saturated rings. The molecule has 2 heterocycles. The van der Waals surface area contributed by atoms with Gasteiger partial charge in [-0.1, -0.05) is 23.7 Å². The first-order valence-corrected chi connectivity index (χ1v) is 10.0. The molecular weight excluding hydrogens is 395 g/mol. The number of rotatable bonds is 7. The number of benzene rings is 2. The lowest BCUT2D eigenvalue weighted by molar-refractivity contribution is 0.0699. The molecule has 29 heavy (non-hydrogen) atoms. The van der Waals surface area contributed by atoms with Crippen LogP contribution in [0, 0.1) is 0 Å². The molecule has 7 heteroatoms. The number of hydrogen-bond acceptors (Lipinski definition) is 3. The molecule has 0 spiro atoms. The van der Waals surface area contributed by atoms with Crippen molar-refractivity contribution in [1.82, 2.24) is 9.88 Å². The lowest BCUT2D eigenvalue weighted by Gasteiger charge is -2.14. The lowest BCUT2D eigenvalue weighted by atomic mass is 10.0. The molecule has 0 amide bonds. The Labute approximate surface area is 173 Å². The van der Waals surface area contributed by atoms with E-state index in [1.807, 2.05) is 24.3 Å². The van der Waals surface area contributed by atoms with Gasteiger partial charge in [0.25, 0.3) is 0 Å². The largest absolute Gasteiger partial charge is 0.494 e. The monoisotopic (exact) mass is 416 g/mol. The SMILES string of the molecule is O=C(O)c1c[nH]c2cc(Cl)c(-c3ccc(OCCCN4CCC(F)C4)cc3)cc12. The number of nitrogens with zero attached hydrogens (tertiary/aromatic N) is 1. The van der Waals surface area contributed by atoms with Gasteiger partial charge in [0.2, 0.25) is 0 Å². The van der Waals surface area contributed by atoms with Crippen molar-refractivity contribution in [2.24, 2.45) is 0 Å². The van der Waals surface area contributed by atoms with Gasteiger partial charge < -0.3 is 19.7 Å². The van der Waals surface area contributed by atoms with Gasteiger partial charge in [0.1, 0.15) is 11.9 Å². The summed E-state index contributed by atoms with van der Waals surface area (Å²) in [6.07, 6.45) is 2.27. The Morgan fingerprint density at radius 1 is 1.31 bits per heavy atom. The third kappa shape index (κ3) is 4.38. The number of ether oxygens (including phenoxy) is 1. The van der Waals surface area contributed by atoms with E-state index in [-0.39, 0.29) is 5.56 Å². The normalized spacial score (nSPS) is 17.1. The minimum Gasteiger partial charge on any atom is -0.494 e. The highest BCUT2D eigenvalue weighted by Crippen LogP contribution is 2.34. The van der Waals surface area contributed by atoms with Gasteiger partial charge in [-0.2, -0.15) is 0 Å². The summed E-state index contributed by atoms with van der Waals surface area (Å²) in [4.78, 5) is 16.5. The van der Waals surface area contributed by atoms with Crippen LogP contribution in [0.25, 0.3) is 22.0 Å². The van der Waals surface area contributed by atoms with Crippen LogP contribution in [-0.2, 0) is 0 Å². The predicted octanol–water partition coefficient (Wildman–Crippen LogP) is 5.00. The van der Waals surface area contributed by atoms with E-state index >= 15 is 0 Å². The van der Waals surface area contributed by atoms with Crippen molar-refractivity contribution in [3.8, 4) is 16.9 Å². The van der Waals surface area contributed by atoms with Crippen LogP contribution in [-0.4, -0.2) is 53.4 Å². The summed E-state index contributed by atoms with van der Waals surface area (Å²) in [5.74, 6) is -0.229. The Bertz CT molecular complexity index is 1020. The highest BCUT2D eigenvalue weighted by Gasteiger charge is 2.20. The van der Waals surface area contributed by atoms with Gasteiger partial charge in [0, 0.05) is 42.3 Å². The van der Waals surface area contributed by atoms with Crippen LogP contribution >= 0.6 is 11.6 Å². The second kappa shape index (κ2) is 8.43. The Kier molecular flexibility index (Phi) is 5.74. The molecule has 1 atom stereocenters. The van der Waals surface area contributed by atoms with Crippen LogP contribution in [0.3, 0.4) is 0 Å². The zero-order chi connectivity index (χ0) is 20.4. The number of carbonyl (C=O) groups is 1. The van der Waals surface area contributed by atoms with Crippen LogP contribution < -0.4 is 4.74 Å². The van der Waals surface area contributed by atoms with Gasteiger partial charge in [0.05, 0.1) is 17.2 Å². The number of carboxylic acids is 1. The van der Waals surface area contributed by atoms with Crippen molar-refractivity contribution in [3.63, 3.8) is 0 Å². The molecule has 152 valence electrons. The van der Waals surface area contributed by atoms with Crippen molar-refractivity contribution >= 4 is 28.5 Å². The van der Waals surface area contributed by atoms with E-state index in [2.05, 4.69) is 9.88 Å². The summed E-state index contributed by atoms with van der Waals surface area (Å²) < 4.78 is 19.0. The number of hydrogen-bond donors (Lipinski definition) is 2. The average molecular weight is 417 g/mol. The van der Waals surface area contributed by atoms with Crippen LogP contribution in [0.2, 0.25) is 5.02 Å². The number of likely N-dealkylation sites (tertiary alicyclic amines) is 1. The lowest BCUT2D eigenvalue weighted by Crippen LogP contribution is -2.23. The zero-order valence-corrected chi connectivity index (χ0v) is 16.6. The van der Waals surface area contributed by atoms with Gasteiger partial charge in [-0.25, -0.2) is 9.18 Å². The van der Waals surface area contributed by atoms with Gasteiger partial charge in [-0.15, -0.1) is 0 Å². The number of nitrogens with one attached hydrogen (secondary N) is 1. The van der Waals surface area contributed by atoms with E-state index in [0.29, 0.717) is 35.5 Å². The Morgan fingerprint density at radius 3 is 2.79 bits per heavy atom. The summed E-state index contributed by atoms with van der Waals surface area (Å²) in [7, 11) is 0. The van der Waals surface area contributed by atoms with Crippen molar-refractivity contribution in [1.29, 1.82) is 0 Å². The van der Waals surface area contributed by atoms with Crippen LogP contribution in [0.15, 0.2) is 42.6 Å². The third-order valence-corrected chi connectivity index (χ3v) is 5.58. The first-order chi connectivity index (χ1) is 14.0. The van der Waals surface area contributed by atoms with E-state index in [4.69, 9.17) is 16.3 Å². The number of H-pyrrole nitrogens is 1. The van der Waals surface area contributed by atoms with Gasteiger partial charge in [0.15, 0.2) is 0 Å². The van der Waals surface area contributed by atoms with E-state index < -0.39 is 12.1 Å². The van der Waals surface area contributed by atoms with E-state index in [0.717, 1.165) is 36.4 Å². The van der Waals surface area contributed by atoms with Crippen molar-refractivity contribution in [3.05, 3.63) is 53.2 Å². The number of halogens is 2. The molecular formula is C22H22ClFN2O3. The molecule has 0 saturated carbocycles. The summed E-state index contributed by atoms with van der Waals surface area (Å²) in [6, 6.07) is 11.1. The minimum absolute atomic E-state index is 0.218. The molecule has 1 aliphatic rings. The predicted molar refractivity (Wildman–Crippen MR) is 112 cm³/mol. The highest BCUT2D eigenvalue weighted by molar-refractivity contribution is 6.34. The van der Waals surface area contributed by atoms with Gasteiger partial charge >= 0.3 is 5.97 Å². The molecule has 3 aromatic rings. The van der Waals surface area contributed by atoms with E-state index in [1.54, 1.807) is 12.1 Å². The number of aromatic nitrogens is 1. The number of alkyl halides is 1. The molecule has 2 aromatic carbocycles. The molecule has 5 nitrogen and oxygen atoms in total. The first kappa shape index (κ1) is 19.7. The van der Waals surface area contributed by atoms with Crippen LogP contribution in [0.4, 0.5) is 4.39 Å². The maximum atomic E-state index is 13.2.